The van der Waals surface area contributed by atoms with E-state index < -0.39 is 6.04 Å². The van der Waals surface area contributed by atoms with Crippen molar-refractivity contribution in [2.24, 2.45) is 11.8 Å². The monoisotopic (exact) mass is 456 g/mol. The van der Waals surface area contributed by atoms with Gasteiger partial charge in [0.15, 0.2) is 0 Å². The Balaban J connectivity index is 1.67. The van der Waals surface area contributed by atoms with Crippen molar-refractivity contribution in [2.45, 2.75) is 104 Å². The van der Waals surface area contributed by atoms with Crippen LogP contribution in [0.5, 0.6) is 0 Å². The molecule has 1 saturated heterocycles. The van der Waals surface area contributed by atoms with Crippen LogP contribution in [-0.4, -0.2) is 64.4 Å². The Hall–Kier alpha value is -1.95. The average Bonchev–Trinajstić information content (AvgIpc) is 3.12. The summed E-state index contributed by atoms with van der Waals surface area (Å²) in [7, 11) is 2.22. The van der Waals surface area contributed by atoms with Crippen molar-refractivity contribution in [2.75, 3.05) is 13.6 Å². The molecule has 0 aromatic carbocycles. The van der Waals surface area contributed by atoms with E-state index in [0.717, 1.165) is 31.5 Å². The lowest BCUT2D eigenvalue weighted by Crippen LogP contribution is -2.52. The van der Waals surface area contributed by atoms with Gasteiger partial charge in [0.1, 0.15) is 11.7 Å². The molecule has 0 unspecified atom stereocenters. The fourth-order valence-corrected chi connectivity index (χ4v) is 5.44. The molecule has 2 fully saturated rings. The van der Waals surface area contributed by atoms with Crippen LogP contribution in [0.4, 0.5) is 0 Å². The van der Waals surface area contributed by atoms with E-state index in [-0.39, 0.29) is 23.3 Å². The molecular formula is C27H44N4O2. The predicted octanol–water partition coefficient (Wildman–Crippen LogP) is 4.24. The summed E-state index contributed by atoms with van der Waals surface area (Å²) in [6.45, 7) is 16.0. The summed E-state index contributed by atoms with van der Waals surface area (Å²) in [6.07, 6.45) is 3.95. The zero-order chi connectivity index (χ0) is 24.5. The summed E-state index contributed by atoms with van der Waals surface area (Å²) in [4.78, 5) is 35.4. The molecule has 0 radical (unpaired) electrons. The smallest absolute Gasteiger partial charge is 0.270 e. The zero-order valence-corrected chi connectivity index (χ0v) is 21.9. The number of carbonyl (C=O) groups is 2. The minimum atomic E-state index is -0.457. The van der Waals surface area contributed by atoms with E-state index in [1.165, 1.54) is 0 Å². The van der Waals surface area contributed by atoms with Gasteiger partial charge in [0.05, 0.1) is 0 Å². The first-order valence-corrected chi connectivity index (χ1v) is 12.7. The molecule has 4 atom stereocenters. The fraction of sp³-hybridized carbons (Fsp3) is 0.741. The summed E-state index contributed by atoms with van der Waals surface area (Å²) in [6, 6.07) is 6.44. The summed E-state index contributed by atoms with van der Waals surface area (Å²) in [5, 5.41) is 2.98. The topological polar surface area (TPSA) is 65.5 Å². The van der Waals surface area contributed by atoms with E-state index in [2.05, 4.69) is 75.6 Å². The first-order valence-electron chi connectivity index (χ1n) is 12.7. The second kappa shape index (κ2) is 10.1. The number of nitrogens with zero attached hydrogens (tertiary/aromatic N) is 3. The number of likely N-dealkylation sites (tertiary alicyclic amines) is 1. The number of pyridine rings is 1. The lowest BCUT2D eigenvalue weighted by molar-refractivity contribution is -0.133. The third kappa shape index (κ3) is 5.76. The zero-order valence-electron chi connectivity index (χ0n) is 21.9. The van der Waals surface area contributed by atoms with E-state index in [4.69, 9.17) is 0 Å². The second-order valence-electron chi connectivity index (χ2n) is 11.7. The van der Waals surface area contributed by atoms with Gasteiger partial charge in [-0.25, -0.2) is 4.98 Å². The Morgan fingerprint density at radius 2 is 1.85 bits per heavy atom. The first-order chi connectivity index (χ1) is 15.4. The number of amides is 2. The van der Waals surface area contributed by atoms with Gasteiger partial charge in [-0.05, 0) is 70.5 Å². The molecular weight excluding hydrogens is 412 g/mol. The van der Waals surface area contributed by atoms with Gasteiger partial charge in [0.2, 0.25) is 5.91 Å². The quantitative estimate of drug-likeness (QED) is 0.695. The molecule has 2 amide bonds. The van der Waals surface area contributed by atoms with Crippen LogP contribution in [0, 0.1) is 11.8 Å². The first kappa shape index (κ1) is 25.7. The molecule has 6 nitrogen and oxygen atoms in total. The highest BCUT2D eigenvalue weighted by Gasteiger charge is 2.43. The van der Waals surface area contributed by atoms with Gasteiger partial charge in [0.25, 0.3) is 5.91 Å². The van der Waals surface area contributed by atoms with Gasteiger partial charge in [0, 0.05) is 35.8 Å². The van der Waals surface area contributed by atoms with Crippen LogP contribution in [0.3, 0.4) is 0 Å². The van der Waals surface area contributed by atoms with Crippen molar-refractivity contribution in [3.8, 4) is 0 Å². The third-order valence-electron chi connectivity index (χ3n) is 7.78. The van der Waals surface area contributed by atoms with E-state index in [1.54, 1.807) is 6.07 Å². The summed E-state index contributed by atoms with van der Waals surface area (Å²) in [5.74, 6) is 0.809. The Kier molecular flexibility index (Phi) is 7.87. The Morgan fingerprint density at radius 3 is 2.45 bits per heavy atom. The Morgan fingerprint density at radius 1 is 1.15 bits per heavy atom. The maximum atomic E-state index is 13.4. The SMILES string of the molecule is CC(C)[C@@H]1C[C@H](N(C)C(C)C)CC[C@@H]1N1CC[C@H](NC(=O)c2cccc(C(C)(C)C)n2)C1=O. The summed E-state index contributed by atoms with van der Waals surface area (Å²) >= 11 is 0. The van der Waals surface area contributed by atoms with Crippen LogP contribution in [0.1, 0.15) is 90.3 Å². The molecule has 3 rings (SSSR count). The van der Waals surface area contributed by atoms with Crippen LogP contribution < -0.4 is 5.32 Å². The van der Waals surface area contributed by atoms with Gasteiger partial charge < -0.3 is 15.1 Å². The van der Waals surface area contributed by atoms with Gasteiger partial charge in [-0.3, -0.25) is 9.59 Å². The van der Waals surface area contributed by atoms with Crippen molar-refractivity contribution in [1.82, 2.24) is 20.1 Å². The van der Waals surface area contributed by atoms with Crippen molar-refractivity contribution in [3.63, 3.8) is 0 Å². The number of rotatable bonds is 6. The molecule has 1 aliphatic heterocycles. The molecule has 0 bridgehead atoms. The Labute approximate surface area is 200 Å². The van der Waals surface area contributed by atoms with Crippen LogP contribution >= 0.6 is 0 Å². The van der Waals surface area contributed by atoms with Gasteiger partial charge in [-0.15, -0.1) is 0 Å². The molecule has 6 heteroatoms. The minimum Gasteiger partial charge on any atom is -0.339 e. The highest BCUT2D eigenvalue weighted by molar-refractivity contribution is 5.96. The van der Waals surface area contributed by atoms with Gasteiger partial charge >= 0.3 is 0 Å². The van der Waals surface area contributed by atoms with Crippen molar-refractivity contribution < 1.29 is 9.59 Å². The molecule has 33 heavy (non-hydrogen) atoms. The third-order valence-corrected chi connectivity index (χ3v) is 7.78. The minimum absolute atomic E-state index is 0.0710. The van der Waals surface area contributed by atoms with E-state index in [1.807, 2.05) is 12.1 Å². The van der Waals surface area contributed by atoms with Crippen LogP contribution in [0.25, 0.3) is 0 Å². The maximum Gasteiger partial charge on any atom is 0.270 e. The molecule has 1 aromatic rings. The molecule has 1 N–H and O–H groups in total. The average molecular weight is 457 g/mol. The van der Waals surface area contributed by atoms with Gasteiger partial charge in [-0.2, -0.15) is 0 Å². The molecule has 2 heterocycles. The van der Waals surface area contributed by atoms with E-state index in [0.29, 0.717) is 36.0 Å². The van der Waals surface area contributed by atoms with E-state index >= 15 is 0 Å². The standard InChI is InChI=1S/C27H44N4O2/c1-17(2)20-16-19(30(8)18(3)4)12-13-23(20)31-15-14-22(26(31)33)29-25(32)21-10-9-11-24(28-21)27(5,6)7/h9-11,17-20,22-23H,12-16H2,1-8H3,(H,29,32)/t19-,20+,22+,23+/m1/s1. The largest absolute Gasteiger partial charge is 0.339 e. The second-order valence-corrected chi connectivity index (χ2v) is 11.7. The lowest BCUT2D eigenvalue weighted by Gasteiger charge is -2.46. The molecule has 1 aromatic heterocycles. The van der Waals surface area contributed by atoms with Crippen LogP contribution in [0.15, 0.2) is 18.2 Å². The number of hydrogen-bond acceptors (Lipinski definition) is 4. The van der Waals surface area contributed by atoms with Crippen molar-refractivity contribution in [1.29, 1.82) is 0 Å². The highest BCUT2D eigenvalue weighted by Crippen LogP contribution is 2.37. The fourth-order valence-electron chi connectivity index (χ4n) is 5.44. The molecule has 0 spiro atoms. The van der Waals surface area contributed by atoms with E-state index in [9.17, 15) is 9.59 Å². The molecule has 2 aliphatic rings. The lowest BCUT2D eigenvalue weighted by atomic mass is 9.74. The maximum absolute atomic E-state index is 13.4. The van der Waals surface area contributed by atoms with Gasteiger partial charge in [-0.1, -0.05) is 40.7 Å². The summed E-state index contributed by atoms with van der Waals surface area (Å²) in [5.41, 5.74) is 1.12. The number of aromatic nitrogens is 1. The number of hydrogen-bond donors (Lipinski definition) is 1. The number of carbonyl (C=O) groups excluding carboxylic acids is 2. The molecule has 1 saturated carbocycles. The van der Waals surface area contributed by atoms with Crippen molar-refractivity contribution >= 4 is 11.8 Å². The van der Waals surface area contributed by atoms with Crippen LogP contribution in [0.2, 0.25) is 0 Å². The number of nitrogens with one attached hydrogen (secondary N) is 1. The summed E-state index contributed by atoms with van der Waals surface area (Å²) < 4.78 is 0. The molecule has 1 aliphatic carbocycles. The Bertz CT molecular complexity index is 845. The van der Waals surface area contributed by atoms with Crippen molar-refractivity contribution in [3.05, 3.63) is 29.6 Å². The predicted molar refractivity (Wildman–Crippen MR) is 133 cm³/mol. The normalized spacial score (nSPS) is 26.5. The van der Waals surface area contributed by atoms with Crippen LogP contribution in [-0.2, 0) is 10.2 Å². The highest BCUT2D eigenvalue weighted by atomic mass is 16.2. The molecule has 184 valence electrons.